The van der Waals surface area contributed by atoms with Crippen LogP contribution in [-0.4, -0.2) is 25.6 Å². The van der Waals surface area contributed by atoms with Crippen LogP contribution in [0, 0.1) is 0 Å². The molecule has 0 heterocycles. The van der Waals surface area contributed by atoms with E-state index in [4.69, 9.17) is 10.5 Å². The van der Waals surface area contributed by atoms with Crippen molar-refractivity contribution in [3.05, 3.63) is 29.8 Å². The molecule has 0 aromatic heterocycles. The highest BCUT2D eigenvalue weighted by atomic mass is 35.5. The minimum absolute atomic E-state index is 0. The number of benzene rings is 1. The van der Waals surface area contributed by atoms with Gasteiger partial charge in [-0.05, 0) is 24.6 Å². The van der Waals surface area contributed by atoms with Crippen LogP contribution in [0.1, 0.15) is 32.8 Å². The third kappa shape index (κ3) is 5.80. The number of nitrogens with one attached hydrogen (secondary N) is 1. The van der Waals surface area contributed by atoms with Gasteiger partial charge in [-0.3, -0.25) is 4.79 Å². The summed E-state index contributed by atoms with van der Waals surface area (Å²) in [7, 11) is 1.65. The third-order valence-electron chi connectivity index (χ3n) is 3.09. The Balaban J connectivity index is 0.00000361. The quantitative estimate of drug-likeness (QED) is 0.847. The standard InChI is InChI=1S/C15H24N2O2.ClH/c1-11(16)8-14(18)17-10-15(2,3)12-6-5-7-13(9-12)19-4;/h5-7,9,11H,8,10,16H2,1-4H3,(H,17,18);1H. The van der Waals surface area contributed by atoms with Crippen molar-refractivity contribution in [3.8, 4) is 5.75 Å². The number of methoxy groups -OCH3 is 1. The lowest BCUT2D eigenvalue weighted by atomic mass is 9.84. The summed E-state index contributed by atoms with van der Waals surface area (Å²) >= 11 is 0. The van der Waals surface area contributed by atoms with Gasteiger partial charge in [0, 0.05) is 24.4 Å². The minimum atomic E-state index is -0.151. The molecule has 1 amide bonds. The van der Waals surface area contributed by atoms with Crippen LogP contribution in [0.4, 0.5) is 0 Å². The molecule has 0 aliphatic heterocycles. The molecule has 1 aromatic rings. The number of hydrogen-bond donors (Lipinski definition) is 2. The minimum Gasteiger partial charge on any atom is -0.497 e. The van der Waals surface area contributed by atoms with Crippen molar-refractivity contribution < 1.29 is 9.53 Å². The van der Waals surface area contributed by atoms with Crippen molar-refractivity contribution in [2.45, 2.75) is 38.6 Å². The summed E-state index contributed by atoms with van der Waals surface area (Å²) in [5.41, 5.74) is 6.59. The molecule has 0 fully saturated rings. The van der Waals surface area contributed by atoms with Crippen molar-refractivity contribution in [2.24, 2.45) is 5.73 Å². The van der Waals surface area contributed by atoms with E-state index in [1.807, 2.05) is 31.2 Å². The van der Waals surface area contributed by atoms with Gasteiger partial charge in [0.25, 0.3) is 0 Å². The van der Waals surface area contributed by atoms with Crippen LogP contribution in [0.2, 0.25) is 0 Å². The third-order valence-corrected chi connectivity index (χ3v) is 3.09. The van der Waals surface area contributed by atoms with Crippen molar-refractivity contribution in [1.29, 1.82) is 0 Å². The van der Waals surface area contributed by atoms with Gasteiger partial charge in [-0.15, -0.1) is 12.4 Å². The number of nitrogens with two attached hydrogens (primary N) is 1. The Morgan fingerprint density at radius 1 is 1.45 bits per heavy atom. The van der Waals surface area contributed by atoms with Crippen molar-refractivity contribution in [2.75, 3.05) is 13.7 Å². The van der Waals surface area contributed by atoms with E-state index in [2.05, 4.69) is 19.2 Å². The fourth-order valence-electron chi connectivity index (χ4n) is 1.83. The molecule has 3 N–H and O–H groups in total. The molecule has 4 nitrogen and oxygen atoms in total. The second-order valence-electron chi connectivity index (χ2n) is 5.57. The van der Waals surface area contributed by atoms with Crippen LogP contribution in [0.25, 0.3) is 0 Å². The highest BCUT2D eigenvalue weighted by Crippen LogP contribution is 2.25. The number of carbonyl (C=O) groups excluding carboxylic acids is 1. The summed E-state index contributed by atoms with van der Waals surface area (Å²) in [6, 6.07) is 7.80. The second-order valence-corrected chi connectivity index (χ2v) is 5.57. The summed E-state index contributed by atoms with van der Waals surface area (Å²) in [5, 5.41) is 2.93. The lowest BCUT2D eigenvalue weighted by Crippen LogP contribution is -2.38. The maximum absolute atomic E-state index is 11.6. The molecule has 20 heavy (non-hydrogen) atoms. The molecule has 5 heteroatoms. The maximum Gasteiger partial charge on any atom is 0.221 e. The summed E-state index contributed by atoms with van der Waals surface area (Å²) in [6.07, 6.45) is 0.355. The van der Waals surface area contributed by atoms with Crippen molar-refractivity contribution in [1.82, 2.24) is 5.32 Å². The SMILES string of the molecule is COc1cccc(C(C)(C)CNC(=O)CC(C)N)c1.Cl. The summed E-state index contributed by atoms with van der Waals surface area (Å²) in [6.45, 7) is 6.58. The molecule has 0 bridgehead atoms. The maximum atomic E-state index is 11.6. The van der Waals surface area contributed by atoms with Crippen molar-refractivity contribution >= 4 is 18.3 Å². The highest BCUT2D eigenvalue weighted by Gasteiger charge is 2.22. The van der Waals surface area contributed by atoms with E-state index >= 15 is 0 Å². The molecule has 0 spiro atoms. The van der Waals surface area contributed by atoms with E-state index in [1.54, 1.807) is 7.11 Å². The first-order valence-corrected chi connectivity index (χ1v) is 6.52. The topological polar surface area (TPSA) is 64.3 Å². The van der Waals surface area contributed by atoms with Crippen LogP contribution in [-0.2, 0) is 10.2 Å². The van der Waals surface area contributed by atoms with Gasteiger partial charge >= 0.3 is 0 Å². The molecule has 0 saturated carbocycles. The number of rotatable bonds is 6. The monoisotopic (exact) mass is 300 g/mol. The fourth-order valence-corrected chi connectivity index (χ4v) is 1.83. The predicted molar refractivity (Wildman–Crippen MR) is 84.5 cm³/mol. The first-order valence-electron chi connectivity index (χ1n) is 6.52. The molecular formula is C15H25ClN2O2. The van der Waals surface area contributed by atoms with Crippen LogP contribution in [0.5, 0.6) is 5.75 Å². The molecule has 0 saturated heterocycles. The van der Waals surface area contributed by atoms with Crippen LogP contribution >= 0.6 is 12.4 Å². The van der Waals surface area contributed by atoms with Gasteiger partial charge < -0.3 is 15.8 Å². The number of amides is 1. The Kier molecular flexibility index (Phi) is 7.61. The number of carbonyl (C=O) groups is 1. The number of halogens is 1. The van der Waals surface area contributed by atoms with E-state index in [0.717, 1.165) is 11.3 Å². The van der Waals surface area contributed by atoms with Gasteiger partial charge in [-0.25, -0.2) is 0 Å². The smallest absolute Gasteiger partial charge is 0.221 e. The first kappa shape index (κ1) is 18.7. The zero-order chi connectivity index (χ0) is 14.5. The Morgan fingerprint density at radius 2 is 2.10 bits per heavy atom. The van der Waals surface area contributed by atoms with Gasteiger partial charge in [0.1, 0.15) is 5.75 Å². The lowest BCUT2D eigenvalue weighted by molar-refractivity contribution is -0.121. The van der Waals surface area contributed by atoms with Crippen LogP contribution < -0.4 is 15.8 Å². The zero-order valence-corrected chi connectivity index (χ0v) is 13.4. The van der Waals surface area contributed by atoms with E-state index in [1.165, 1.54) is 0 Å². The number of ether oxygens (including phenoxy) is 1. The fraction of sp³-hybridized carbons (Fsp3) is 0.533. The van der Waals surface area contributed by atoms with Gasteiger partial charge in [-0.1, -0.05) is 26.0 Å². The average molecular weight is 301 g/mol. The molecule has 0 aliphatic rings. The molecule has 114 valence electrons. The van der Waals surface area contributed by atoms with E-state index < -0.39 is 0 Å². The molecule has 1 rings (SSSR count). The molecule has 0 radical (unpaired) electrons. The summed E-state index contributed by atoms with van der Waals surface area (Å²) in [4.78, 5) is 11.6. The largest absolute Gasteiger partial charge is 0.497 e. The van der Waals surface area contributed by atoms with Crippen LogP contribution in [0.3, 0.4) is 0 Å². The molecule has 1 unspecified atom stereocenters. The normalized spacial score (nSPS) is 12.2. The average Bonchev–Trinajstić information content (AvgIpc) is 2.36. The van der Waals surface area contributed by atoms with E-state index in [0.29, 0.717) is 13.0 Å². The first-order chi connectivity index (χ1) is 8.85. The van der Waals surface area contributed by atoms with E-state index in [-0.39, 0.29) is 29.8 Å². The van der Waals surface area contributed by atoms with E-state index in [9.17, 15) is 4.79 Å². The van der Waals surface area contributed by atoms with Crippen LogP contribution in [0.15, 0.2) is 24.3 Å². The van der Waals surface area contributed by atoms with Gasteiger partial charge in [0.05, 0.1) is 7.11 Å². The predicted octanol–water partition coefficient (Wildman–Crippen LogP) is 2.25. The Hall–Kier alpha value is -1.26. The second kappa shape index (κ2) is 8.12. The molecule has 1 atom stereocenters. The van der Waals surface area contributed by atoms with Crippen molar-refractivity contribution in [3.63, 3.8) is 0 Å². The number of hydrogen-bond acceptors (Lipinski definition) is 3. The molecule has 0 aliphatic carbocycles. The van der Waals surface area contributed by atoms with Gasteiger partial charge in [-0.2, -0.15) is 0 Å². The zero-order valence-electron chi connectivity index (χ0n) is 12.6. The Morgan fingerprint density at radius 3 is 2.65 bits per heavy atom. The Labute approximate surface area is 127 Å². The molecular weight excluding hydrogens is 276 g/mol. The summed E-state index contributed by atoms with van der Waals surface area (Å²) < 4.78 is 5.22. The highest BCUT2D eigenvalue weighted by molar-refractivity contribution is 5.85. The molecule has 1 aromatic carbocycles. The van der Waals surface area contributed by atoms with Gasteiger partial charge in [0.15, 0.2) is 0 Å². The Bertz CT molecular complexity index is 434. The summed E-state index contributed by atoms with van der Waals surface area (Å²) in [5.74, 6) is 0.818. The lowest BCUT2D eigenvalue weighted by Gasteiger charge is -2.26. The van der Waals surface area contributed by atoms with Gasteiger partial charge in [0.2, 0.25) is 5.91 Å².